The first-order valence-electron chi connectivity index (χ1n) is 5.24. The summed E-state index contributed by atoms with van der Waals surface area (Å²) in [7, 11) is 0. The predicted molar refractivity (Wildman–Crippen MR) is 53.5 cm³/mol. The average molecular weight is 192 g/mol. The Morgan fingerprint density at radius 1 is 1.57 bits per heavy atom. The third-order valence-electron chi connectivity index (χ3n) is 4.34. The van der Waals surface area contributed by atoms with E-state index < -0.39 is 5.60 Å². The molecule has 0 aromatic heterocycles. The quantitative estimate of drug-likeness (QED) is 0.591. The summed E-state index contributed by atoms with van der Waals surface area (Å²) in [5.74, 6) is 3.16. The van der Waals surface area contributed by atoms with Gasteiger partial charge in [-0.15, -0.1) is 6.42 Å². The largest absolute Gasteiger partial charge is 0.377 e. The van der Waals surface area contributed by atoms with Gasteiger partial charge in [0.2, 0.25) is 0 Å². The van der Waals surface area contributed by atoms with Gasteiger partial charge in [0.1, 0.15) is 11.4 Å². The SMILES string of the molecule is C#C[C@]1(O)CC[C@@H]2CC(=O)CC[C@@]21C. The average Bonchev–Trinajstić information content (AvgIpc) is 2.42. The molecular formula is C12H16O2. The Labute approximate surface area is 84.7 Å². The Morgan fingerprint density at radius 2 is 2.29 bits per heavy atom. The Morgan fingerprint density at radius 3 is 2.93 bits per heavy atom. The lowest BCUT2D eigenvalue weighted by Crippen LogP contribution is -2.46. The Kier molecular flexibility index (Phi) is 1.97. The minimum absolute atomic E-state index is 0.227. The zero-order chi connectivity index (χ0) is 10.4. The first-order chi connectivity index (χ1) is 6.52. The first kappa shape index (κ1) is 9.73. The van der Waals surface area contributed by atoms with E-state index in [-0.39, 0.29) is 5.41 Å². The summed E-state index contributed by atoms with van der Waals surface area (Å²) >= 11 is 0. The number of rotatable bonds is 0. The maximum atomic E-state index is 11.3. The monoisotopic (exact) mass is 192 g/mol. The van der Waals surface area contributed by atoms with Crippen molar-refractivity contribution in [2.45, 2.75) is 44.6 Å². The molecule has 2 rings (SSSR count). The molecule has 2 heteroatoms. The van der Waals surface area contributed by atoms with Crippen molar-refractivity contribution in [2.75, 3.05) is 0 Å². The number of fused-ring (bicyclic) bond motifs is 1. The number of hydrogen-bond donors (Lipinski definition) is 1. The fourth-order valence-corrected chi connectivity index (χ4v) is 3.08. The van der Waals surface area contributed by atoms with Gasteiger partial charge in [0.15, 0.2) is 0 Å². The number of ketones is 1. The summed E-state index contributed by atoms with van der Waals surface area (Å²) in [4.78, 5) is 11.3. The van der Waals surface area contributed by atoms with Crippen LogP contribution in [-0.4, -0.2) is 16.5 Å². The van der Waals surface area contributed by atoms with E-state index in [1.165, 1.54) is 0 Å². The van der Waals surface area contributed by atoms with Crippen molar-refractivity contribution in [1.29, 1.82) is 0 Å². The molecular weight excluding hydrogens is 176 g/mol. The van der Waals surface area contributed by atoms with Crippen LogP contribution in [0.1, 0.15) is 39.0 Å². The molecule has 0 saturated heterocycles. The van der Waals surface area contributed by atoms with E-state index in [9.17, 15) is 9.90 Å². The van der Waals surface area contributed by atoms with Gasteiger partial charge < -0.3 is 5.11 Å². The van der Waals surface area contributed by atoms with Gasteiger partial charge in [-0.3, -0.25) is 4.79 Å². The van der Waals surface area contributed by atoms with E-state index in [4.69, 9.17) is 6.42 Å². The molecule has 0 heterocycles. The molecule has 2 fully saturated rings. The molecule has 76 valence electrons. The van der Waals surface area contributed by atoms with Crippen molar-refractivity contribution in [2.24, 2.45) is 11.3 Å². The lowest BCUT2D eigenvalue weighted by Gasteiger charge is -2.42. The summed E-state index contributed by atoms with van der Waals surface area (Å²) in [6, 6.07) is 0. The second-order valence-corrected chi connectivity index (χ2v) is 4.90. The second kappa shape index (κ2) is 2.84. The van der Waals surface area contributed by atoms with Crippen LogP contribution in [0, 0.1) is 23.7 Å². The molecule has 2 aliphatic carbocycles. The highest BCUT2D eigenvalue weighted by atomic mass is 16.3. The molecule has 0 unspecified atom stereocenters. The van der Waals surface area contributed by atoms with Gasteiger partial charge in [0.05, 0.1) is 0 Å². The van der Waals surface area contributed by atoms with Gasteiger partial charge in [-0.25, -0.2) is 0 Å². The van der Waals surface area contributed by atoms with Crippen LogP contribution in [0.4, 0.5) is 0 Å². The first-order valence-corrected chi connectivity index (χ1v) is 5.24. The zero-order valence-corrected chi connectivity index (χ0v) is 8.55. The van der Waals surface area contributed by atoms with Gasteiger partial charge in [-0.2, -0.15) is 0 Å². The van der Waals surface area contributed by atoms with Gasteiger partial charge in [0.25, 0.3) is 0 Å². The molecule has 0 spiro atoms. The van der Waals surface area contributed by atoms with Gasteiger partial charge >= 0.3 is 0 Å². The second-order valence-electron chi connectivity index (χ2n) is 4.90. The van der Waals surface area contributed by atoms with Gasteiger partial charge in [-0.1, -0.05) is 12.8 Å². The number of hydrogen-bond acceptors (Lipinski definition) is 2. The standard InChI is InChI=1S/C12H16O2/c1-3-12(14)7-4-9-8-10(13)5-6-11(9,12)2/h1,9,14H,4-8H2,2H3/t9-,11+,12+/m1/s1. The molecule has 0 bridgehead atoms. The molecule has 14 heavy (non-hydrogen) atoms. The maximum Gasteiger partial charge on any atom is 0.133 e. The third kappa shape index (κ3) is 1.05. The van der Waals surface area contributed by atoms with Crippen LogP contribution in [0.25, 0.3) is 0 Å². The number of terminal acetylenes is 1. The van der Waals surface area contributed by atoms with Crippen molar-refractivity contribution in [1.82, 2.24) is 0 Å². The Hall–Kier alpha value is -0.810. The van der Waals surface area contributed by atoms with Gasteiger partial charge in [0, 0.05) is 18.3 Å². The van der Waals surface area contributed by atoms with E-state index in [2.05, 4.69) is 5.92 Å². The third-order valence-corrected chi connectivity index (χ3v) is 4.34. The van der Waals surface area contributed by atoms with Crippen LogP contribution in [-0.2, 0) is 4.79 Å². The van der Waals surface area contributed by atoms with Crippen molar-refractivity contribution in [3.05, 3.63) is 0 Å². The molecule has 2 nitrogen and oxygen atoms in total. The smallest absolute Gasteiger partial charge is 0.133 e. The summed E-state index contributed by atoms with van der Waals surface area (Å²) in [5, 5.41) is 10.3. The zero-order valence-electron chi connectivity index (χ0n) is 8.55. The van der Waals surface area contributed by atoms with Crippen LogP contribution < -0.4 is 0 Å². The molecule has 0 amide bonds. The molecule has 2 saturated carbocycles. The molecule has 2 aliphatic rings. The predicted octanol–water partition coefficient (Wildman–Crippen LogP) is 1.52. The number of carbonyl (C=O) groups is 1. The van der Waals surface area contributed by atoms with Gasteiger partial charge in [-0.05, 0) is 25.2 Å². The van der Waals surface area contributed by atoms with Crippen LogP contribution >= 0.6 is 0 Å². The van der Waals surface area contributed by atoms with Crippen molar-refractivity contribution in [3.8, 4) is 12.3 Å². The molecule has 0 aliphatic heterocycles. The van der Waals surface area contributed by atoms with Crippen molar-refractivity contribution in [3.63, 3.8) is 0 Å². The molecule has 1 N–H and O–H groups in total. The van der Waals surface area contributed by atoms with E-state index in [1.54, 1.807) is 0 Å². The summed E-state index contributed by atoms with van der Waals surface area (Å²) in [6.07, 6.45) is 8.89. The molecule has 0 radical (unpaired) electrons. The molecule has 0 aromatic carbocycles. The van der Waals surface area contributed by atoms with Crippen LogP contribution in [0.5, 0.6) is 0 Å². The molecule has 3 atom stereocenters. The fraction of sp³-hybridized carbons (Fsp3) is 0.750. The lowest BCUT2D eigenvalue weighted by atomic mass is 9.63. The lowest BCUT2D eigenvalue weighted by molar-refractivity contribution is -0.127. The highest BCUT2D eigenvalue weighted by Gasteiger charge is 2.57. The number of aliphatic hydroxyl groups is 1. The van der Waals surface area contributed by atoms with E-state index >= 15 is 0 Å². The van der Waals surface area contributed by atoms with Crippen molar-refractivity contribution < 1.29 is 9.90 Å². The Balaban J connectivity index is 2.33. The van der Waals surface area contributed by atoms with Crippen LogP contribution in [0.3, 0.4) is 0 Å². The topological polar surface area (TPSA) is 37.3 Å². The summed E-state index contributed by atoms with van der Waals surface area (Å²) < 4.78 is 0. The number of Topliss-reactive ketones (excluding diaryl/α,β-unsaturated/α-hetero) is 1. The summed E-state index contributed by atoms with van der Waals surface area (Å²) in [6.45, 7) is 2.04. The molecule has 0 aromatic rings. The fourth-order valence-electron chi connectivity index (χ4n) is 3.08. The minimum atomic E-state index is -0.974. The Bertz CT molecular complexity index is 315. The van der Waals surface area contributed by atoms with E-state index in [0.29, 0.717) is 31.0 Å². The summed E-state index contributed by atoms with van der Waals surface area (Å²) in [5.41, 5.74) is -1.20. The number of carbonyl (C=O) groups excluding carboxylic acids is 1. The maximum absolute atomic E-state index is 11.3. The van der Waals surface area contributed by atoms with Crippen molar-refractivity contribution >= 4 is 5.78 Å². The van der Waals surface area contributed by atoms with E-state index in [0.717, 1.165) is 12.8 Å². The normalized spacial score (nSPS) is 47.2. The highest BCUT2D eigenvalue weighted by Crippen LogP contribution is 2.56. The highest BCUT2D eigenvalue weighted by molar-refractivity contribution is 5.80. The minimum Gasteiger partial charge on any atom is -0.377 e. The van der Waals surface area contributed by atoms with E-state index in [1.807, 2.05) is 6.92 Å². The van der Waals surface area contributed by atoms with Crippen LogP contribution in [0.2, 0.25) is 0 Å². The van der Waals surface area contributed by atoms with Crippen LogP contribution in [0.15, 0.2) is 0 Å².